The van der Waals surface area contributed by atoms with Crippen LogP contribution in [0.2, 0.25) is 0 Å². The summed E-state index contributed by atoms with van der Waals surface area (Å²) in [5.74, 6) is 2.70. The molecular formula is C29H31IrN4O2P2+2. The second-order valence-electron chi connectivity index (χ2n) is 7.91. The first-order valence-corrected chi connectivity index (χ1v) is 16.1. The number of pyridine rings is 1. The maximum absolute atomic E-state index is 5.62. The van der Waals surface area contributed by atoms with Crippen molar-refractivity contribution >= 4 is 21.6 Å². The largest absolute Gasteiger partial charge is 3.00 e. The number of aryl methyl sites for hydroxylation is 1. The van der Waals surface area contributed by atoms with Crippen molar-refractivity contribution in [3.8, 4) is 23.0 Å². The summed E-state index contributed by atoms with van der Waals surface area (Å²) in [5, 5.41) is 9.17. The molecule has 0 bridgehead atoms. The normalized spacial score (nSPS) is 9.84. The molecule has 0 saturated heterocycles. The number of hydrogen-bond acceptors (Lipinski definition) is 5. The average molecular weight is 722 g/mol. The van der Waals surface area contributed by atoms with Gasteiger partial charge in [-0.05, 0) is 37.0 Å². The van der Waals surface area contributed by atoms with E-state index in [-0.39, 0.29) is 28.0 Å². The van der Waals surface area contributed by atoms with Gasteiger partial charge in [-0.3, -0.25) is 10.1 Å². The Labute approximate surface area is 241 Å². The minimum Gasteiger partial charge on any atom is -0.421 e. The van der Waals surface area contributed by atoms with Gasteiger partial charge in [-0.2, -0.15) is 36.4 Å². The summed E-state index contributed by atoms with van der Waals surface area (Å²) in [6.07, 6.45) is 1.71. The van der Waals surface area contributed by atoms with Crippen LogP contribution in [-0.4, -0.2) is 35.1 Å². The van der Waals surface area contributed by atoms with Crippen molar-refractivity contribution in [3.63, 3.8) is 0 Å². The van der Waals surface area contributed by atoms with Gasteiger partial charge in [0.2, 0.25) is 0 Å². The fraction of sp³-hybridized carbons (Fsp3) is 0.138. The summed E-state index contributed by atoms with van der Waals surface area (Å²) >= 11 is 0. The molecule has 0 aliphatic rings. The molecule has 0 spiro atoms. The van der Waals surface area contributed by atoms with Crippen molar-refractivity contribution in [3.05, 3.63) is 121 Å². The SMILES string of the molecule is C[PH+](C)c1ccccc1.C[PH+](Oc1[c-]cccc1)Oc1[c-]cccc1.Cc1n[n-]c(-c2ccccn2)n1.[Ir+3]. The van der Waals surface area contributed by atoms with Crippen molar-refractivity contribution in [2.24, 2.45) is 0 Å². The second-order valence-corrected chi connectivity index (χ2v) is 11.9. The molecule has 2 aromatic heterocycles. The molecule has 0 saturated carbocycles. The monoisotopic (exact) mass is 722 g/mol. The van der Waals surface area contributed by atoms with Crippen molar-refractivity contribution < 1.29 is 29.2 Å². The first-order chi connectivity index (χ1) is 18.0. The van der Waals surface area contributed by atoms with E-state index in [9.17, 15) is 0 Å². The summed E-state index contributed by atoms with van der Waals surface area (Å²) < 4.78 is 11.2. The Kier molecular flexibility index (Phi) is 14.4. The summed E-state index contributed by atoms with van der Waals surface area (Å²) in [4.78, 5) is 8.19. The van der Waals surface area contributed by atoms with Crippen molar-refractivity contribution in [1.29, 1.82) is 0 Å². The van der Waals surface area contributed by atoms with Gasteiger partial charge in [0.25, 0.3) is 0 Å². The van der Waals surface area contributed by atoms with E-state index in [0.29, 0.717) is 11.6 Å². The zero-order chi connectivity index (χ0) is 26.3. The molecule has 3 aromatic carbocycles. The van der Waals surface area contributed by atoms with Gasteiger partial charge in [-0.1, -0.05) is 24.3 Å². The predicted molar refractivity (Wildman–Crippen MR) is 156 cm³/mol. The van der Waals surface area contributed by atoms with Crippen LogP contribution in [0.3, 0.4) is 0 Å². The first-order valence-electron chi connectivity index (χ1n) is 11.7. The molecule has 5 rings (SSSR count). The molecule has 6 nitrogen and oxygen atoms in total. The quantitative estimate of drug-likeness (QED) is 0.158. The Balaban J connectivity index is 0.000000206. The third-order valence-electron chi connectivity index (χ3n) is 4.67. The van der Waals surface area contributed by atoms with Gasteiger partial charge >= 0.3 is 28.5 Å². The maximum atomic E-state index is 5.62. The van der Waals surface area contributed by atoms with Gasteiger partial charge < -0.3 is 19.1 Å². The van der Waals surface area contributed by atoms with E-state index in [1.54, 1.807) is 13.1 Å². The van der Waals surface area contributed by atoms with Crippen LogP contribution in [0.15, 0.2) is 103 Å². The van der Waals surface area contributed by atoms with Crippen molar-refractivity contribution in [1.82, 2.24) is 20.2 Å². The summed E-state index contributed by atoms with van der Waals surface area (Å²) in [6.45, 7) is 8.35. The third kappa shape index (κ3) is 11.6. The number of rotatable bonds is 6. The van der Waals surface area contributed by atoms with Gasteiger partial charge in [-0.15, -0.1) is 24.3 Å². The van der Waals surface area contributed by atoms with E-state index in [1.165, 1.54) is 5.30 Å². The number of aromatic nitrogens is 4. The summed E-state index contributed by atoms with van der Waals surface area (Å²) in [5.41, 5.74) is 0.762. The van der Waals surface area contributed by atoms with Crippen LogP contribution >= 0.6 is 16.3 Å². The number of benzene rings is 3. The topological polar surface area (TPSA) is 71.2 Å². The Morgan fingerprint density at radius 2 is 1.32 bits per heavy atom. The molecule has 0 unspecified atom stereocenters. The molecule has 0 amide bonds. The zero-order valence-electron chi connectivity index (χ0n) is 21.8. The predicted octanol–water partition coefficient (Wildman–Crippen LogP) is 6.01. The van der Waals surface area contributed by atoms with Crippen LogP contribution < -0.4 is 19.5 Å². The van der Waals surface area contributed by atoms with E-state index in [0.717, 1.165) is 17.2 Å². The molecule has 5 aromatic rings. The van der Waals surface area contributed by atoms with Gasteiger partial charge in [0, 0.05) is 19.9 Å². The molecule has 0 aliphatic carbocycles. The molecule has 0 aliphatic heterocycles. The van der Waals surface area contributed by atoms with E-state index < -0.39 is 8.38 Å². The molecule has 9 heteroatoms. The zero-order valence-corrected chi connectivity index (χ0v) is 26.1. The van der Waals surface area contributed by atoms with Gasteiger partial charge in [0.05, 0.1) is 35.8 Å². The Bertz CT molecular complexity index is 1240. The Morgan fingerprint density at radius 1 is 0.737 bits per heavy atom. The molecule has 0 atom stereocenters. The number of nitrogens with zero attached hydrogens (tertiary/aromatic N) is 4. The molecule has 0 fully saturated rings. The molecule has 0 N–H and O–H groups in total. The van der Waals surface area contributed by atoms with Gasteiger partial charge in [0.15, 0.2) is 0 Å². The van der Waals surface area contributed by atoms with Gasteiger partial charge in [0.1, 0.15) is 6.66 Å². The first kappa shape index (κ1) is 31.3. The standard InChI is InChI=1S/C13H11O2P.C8H7N4.C8H11P.Ir/c1-16(14-12-8-4-2-5-9-12)15-13-10-6-3-7-11-13;1-6-10-8(12-11-6)7-4-2-3-5-9-7;1-9(2)8-6-4-3-5-7-8;/h2-8,10H,1H3;2-5H,1H3;3-7H,1-2H3;/q-2;-1;;+3/p+2. The van der Waals surface area contributed by atoms with Crippen LogP contribution in [0.1, 0.15) is 5.82 Å². The van der Waals surface area contributed by atoms with Gasteiger partial charge in [-0.25, -0.2) is 0 Å². The fourth-order valence-corrected chi connectivity index (χ4v) is 4.68. The Morgan fingerprint density at radius 3 is 1.74 bits per heavy atom. The van der Waals surface area contributed by atoms with Crippen molar-refractivity contribution in [2.75, 3.05) is 20.0 Å². The Hall–Kier alpha value is -2.94. The summed E-state index contributed by atoms with van der Waals surface area (Å²) in [6, 6.07) is 37.3. The molecule has 2 heterocycles. The van der Waals surface area contributed by atoms with Crippen LogP contribution in [0, 0.1) is 19.1 Å². The smallest absolute Gasteiger partial charge is 0.421 e. The van der Waals surface area contributed by atoms with E-state index in [1.807, 2.05) is 73.4 Å². The second kappa shape index (κ2) is 17.5. The average Bonchev–Trinajstić information content (AvgIpc) is 3.38. The van der Waals surface area contributed by atoms with Crippen LogP contribution in [0.4, 0.5) is 0 Å². The summed E-state index contributed by atoms with van der Waals surface area (Å²) in [7, 11) is -1.57. The van der Waals surface area contributed by atoms with Crippen molar-refractivity contribution in [2.45, 2.75) is 6.92 Å². The number of hydrogen-bond donors (Lipinski definition) is 0. The fourth-order valence-electron chi connectivity index (χ4n) is 2.90. The van der Waals surface area contributed by atoms with E-state index in [2.05, 4.69) is 76.0 Å². The van der Waals surface area contributed by atoms with E-state index >= 15 is 0 Å². The maximum Gasteiger partial charge on any atom is 3.00 e. The molecule has 196 valence electrons. The molecular weight excluding hydrogens is 691 g/mol. The van der Waals surface area contributed by atoms with Crippen LogP contribution in [-0.2, 0) is 20.1 Å². The van der Waals surface area contributed by atoms with Crippen LogP contribution in [0.25, 0.3) is 11.5 Å². The van der Waals surface area contributed by atoms with E-state index in [4.69, 9.17) is 9.05 Å². The minimum atomic E-state index is -1.36. The third-order valence-corrected chi connectivity index (χ3v) is 7.17. The minimum absolute atomic E-state index is 0. The van der Waals surface area contributed by atoms with Crippen LogP contribution in [0.5, 0.6) is 11.5 Å². The number of para-hydroxylation sites is 2. The molecule has 0 radical (unpaired) electrons. The molecule has 38 heavy (non-hydrogen) atoms.